The number of hydrogen-bond donors (Lipinski definition) is 2. The summed E-state index contributed by atoms with van der Waals surface area (Å²) in [5, 5.41) is 5.99. The van der Waals surface area contributed by atoms with Gasteiger partial charge in [0.25, 0.3) is 0 Å². The highest BCUT2D eigenvalue weighted by Gasteiger charge is 2.25. The Bertz CT molecular complexity index is 410. The lowest BCUT2D eigenvalue weighted by atomic mass is 10.1. The monoisotopic (exact) mass is 312 g/mol. The summed E-state index contributed by atoms with van der Waals surface area (Å²) >= 11 is 4.88. The first kappa shape index (κ1) is 17.6. The lowest BCUT2D eigenvalue weighted by Crippen LogP contribution is -2.28. The van der Waals surface area contributed by atoms with Gasteiger partial charge >= 0.3 is 5.97 Å². The van der Waals surface area contributed by atoms with Crippen LogP contribution in [-0.2, 0) is 14.3 Å². The van der Waals surface area contributed by atoms with E-state index >= 15 is 0 Å². The first-order valence-corrected chi connectivity index (χ1v) is 7.85. The number of unbranched alkanes of at least 4 members (excludes halogenated alkanes) is 5. The highest BCUT2D eigenvalue weighted by atomic mass is 32.1. The van der Waals surface area contributed by atoms with E-state index in [0.717, 1.165) is 44.9 Å². The first-order chi connectivity index (χ1) is 10.0. The molecule has 118 valence electrons. The third-order valence-corrected chi connectivity index (χ3v) is 3.55. The molecule has 0 spiro atoms. The second-order valence-corrected chi connectivity index (χ2v) is 5.75. The Labute approximate surface area is 131 Å². The topological polar surface area (TPSA) is 67.4 Å². The Morgan fingerprint density at radius 2 is 1.86 bits per heavy atom. The van der Waals surface area contributed by atoms with Gasteiger partial charge in [0.15, 0.2) is 5.11 Å². The molecule has 21 heavy (non-hydrogen) atoms. The Balaban J connectivity index is 1.89. The number of amides is 1. The maximum Gasteiger partial charge on any atom is 0.333 e. The zero-order valence-electron chi connectivity index (χ0n) is 12.6. The molecule has 0 aromatic carbocycles. The van der Waals surface area contributed by atoms with Gasteiger partial charge in [-0.15, -0.1) is 0 Å². The van der Waals surface area contributed by atoms with Gasteiger partial charge in [-0.25, -0.2) is 4.79 Å². The normalized spacial score (nSPS) is 17.3. The first-order valence-electron chi connectivity index (χ1n) is 7.44. The van der Waals surface area contributed by atoms with E-state index < -0.39 is 0 Å². The van der Waals surface area contributed by atoms with E-state index in [0.29, 0.717) is 17.3 Å². The summed E-state index contributed by atoms with van der Waals surface area (Å²) in [6.45, 7) is 5.65. The van der Waals surface area contributed by atoms with Crippen molar-refractivity contribution in [2.75, 3.05) is 6.61 Å². The summed E-state index contributed by atoms with van der Waals surface area (Å²) in [4.78, 5) is 22.5. The SMILES string of the molecule is C=C(C)C(=O)OCCCCCCCCC1NC(=S)NC1=O. The van der Waals surface area contributed by atoms with Crippen molar-refractivity contribution in [2.45, 2.75) is 57.9 Å². The van der Waals surface area contributed by atoms with E-state index in [1.165, 1.54) is 0 Å². The maximum atomic E-state index is 11.4. The van der Waals surface area contributed by atoms with Crippen LogP contribution in [0.4, 0.5) is 0 Å². The van der Waals surface area contributed by atoms with Gasteiger partial charge in [-0.05, 0) is 32.0 Å². The van der Waals surface area contributed by atoms with Crippen LogP contribution in [-0.4, -0.2) is 29.6 Å². The minimum absolute atomic E-state index is 0.0145. The second-order valence-electron chi connectivity index (χ2n) is 5.34. The standard InChI is InChI=1S/C15H24N2O3S/c1-11(2)14(19)20-10-8-6-4-3-5-7-9-12-13(18)17-15(21)16-12/h12H,1,3-10H2,2H3,(H2,16,17,18,21). The fourth-order valence-corrected chi connectivity index (χ4v) is 2.35. The predicted molar refractivity (Wildman–Crippen MR) is 85.8 cm³/mol. The van der Waals surface area contributed by atoms with Crippen molar-refractivity contribution < 1.29 is 14.3 Å². The van der Waals surface area contributed by atoms with E-state index in [1.54, 1.807) is 6.92 Å². The van der Waals surface area contributed by atoms with Gasteiger partial charge in [-0.3, -0.25) is 4.79 Å². The van der Waals surface area contributed by atoms with Crippen LogP contribution in [0, 0.1) is 0 Å². The molecule has 1 aliphatic heterocycles. The molecule has 5 nitrogen and oxygen atoms in total. The van der Waals surface area contributed by atoms with E-state index in [2.05, 4.69) is 17.2 Å². The Hall–Kier alpha value is -1.43. The highest BCUT2D eigenvalue weighted by Crippen LogP contribution is 2.10. The predicted octanol–water partition coefficient (Wildman–Crippen LogP) is 2.21. The van der Waals surface area contributed by atoms with Crippen LogP contribution in [0.1, 0.15) is 51.9 Å². The molecule has 0 aliphatic carbocycles. The average molecular weight is 312 g/mol. The molecular formula is C15H24N2O3S. The minimum atomic E-state index is -0.310. The third kappa shape index (κ3) is 7.22. The van der Waals surface area contributed by atoms with Crippen molar-refractivity contribution in [3.8, 4) is 0 Å². The fourth-order valence-electron chi connectivity index (χ4n) is 2.11. The quantitative estimate of drug-likeness (QED) is 0.280. The van der Waals surface area contributed by atoms with Gasteiger partial charge in [-0.2, -0.15) is 0 Å². The molecule has 1 heterocycles. The molecule has 1 unspecified atom stereocenters. The van der Waals surface area contributed by atoms with Crippen LogP contribution in [0.5, 0.6) is 0 Å². The summed E-state index contributed by atoms with van der Waals surface area (Å²) in [5.41, 5.74) is 0.444. The summed E-state index contributed by atoms with van der Waals surface area (Å²) in [7, 11) is 0. The average Bonchev–Trinajstić information content (AvgIpc) is 2.74. The van der Waals surface area contributed by atoms with Crippen LogP contribution in [0.25, 0.3) is 0 Å². The van der Waals surface area contributed by atoms with Crippen molar-refractivity contribution in [3.63, 3.8) is 0 Å². The van der Waals surface area contributed by atoms with Gasteiger partial charge in [0.1, 0.15) is 6.04 Å². The van der Waals surface area contributed by atoms with Crippen LogP contribution < -0.4 is 10.6 Å². The zero-order valence-corrected chi connectivity index (χ0v) is 13.4. The Morgan fingerprint density at radius 3 is 2.43 bits per heavy atom. The number of hydrogen-bond acceptors (Lipinski definition) is 4. The number of carbonyl (C=O) groups excluding carboxylic acids is 2. The highest BCUT2D eigenvalue weighted by molar-refractivity contribution is 7.80. The van der Waals surface area contributed by atoms with Crippen LogP contribution >= 0.6 is 12.2 Å². The summed E-state index contributed by atoms with van der Waals surface area (Å²) in [5.74, 6) is -0.324. The van der Waals surface area contributed by atoms with Gasteiger partial charge in [-0.1, -0.05) is 38.7 Å². The lowest BCUT2D eigenvalue weighted by molar-refractivity contribution is -0.139. The number of nitrogens with one attached hydrogen (secondary N) is 2. The summed E-state index contributed by atoms with van der Waals surface area (Å²) in [6.07, 6.45) is 7.13. The molecule has 1 aliphatic rings. The number of carbonyl (C=O) groups is 2. The van der Waals surface area contributed by atoms with Crippen molar-refractivity contribution in [2.24, 2.45) is 0 Å². The van der Waals surface area contributed by atoms with E-state index in [-0.39, 0.29) is 17.9 Å². The molecular weight excluding hydrogens is 288 g/mol. The lowest BCUT2D eigenvalue weighted by Gasteiger charge is -2.07. The van der Waals surface area contributed by atoms with Gasteiger partial charge in [0, 0.05) is 5.57 Å². The van der Waals surface area contributed by atoms with Crippen LogP contribution in [0.2, 0.25) is 0 Å². The molecule has 6 heteroatoms. The van der Waals surface area contributed by atoms with Gasteiger partial charge in [0.05, 0.1) is 6.61 Å². The molecule has 0 aromatic rings. The molecule has 1 atom stereocenters. The maximum absolute atomic E-state index is 11.4. The van der Waals surface area contributed by atoms with Crippen molar-refractivity contribution in [1.29, 1.82) is 0 Å². The molecule has 1 saturated heterocycles. The molecule has 2 N–H and O–H groups in total. The van der Waals surface area contributed by atoms with E-state index in [9.17, 15) is 9.59 Å². The van der Waals surface area contributed by atoms with Crippen LogP contribution in [0.3, 0.4) is 0 Å². The van der Waals surface area contributed by atoms with E-state index in [1.807, 2.05) is 0 Å². The number of ether oxygens (including phenoxy) is 1. The zero-order chi connectivity index (χ0) is 15.7. The molecule has 1 rings (SSSR count). The largest absolute Gasteiger partial charge is 0.462 e. The summed E-state index contributed by atoms with van der Waals surface area (Å²) in [6, 6.07) is -0.154. The van der Waals surface area contributed by atoms with Crippen molar-refractivity contribution >= 4 is 29.2 Å². The van der Waals surface area contributed by atoms with Gasteiger partial charge in [0.2, 0.25) is 5.91 Å². The van der Waals surface area contributed by atoms with Crippen LogP contribution in [0.15, 0.2) is 12.2 Å². The molecule has 1 fully saturated rings. The van der Waals surface area contributed by atoms with Gasteiger partial charge < -0.3 is 15.4 Å². The summed E-state index contributed by atoms with van der Waals surface area (Å²) < 4.78 is 5.02. The Kier molecular flexibility index (Phi) is 7.97. The minimum Gasteiger partial charge on any atom is -0.462 e. The molecule has 1 amide bonds. The number of rotatable bonds is 10. The molecule has 0 radical (unpaired) electrons. The second kappa shape index (κ2) is 9.50. The number of esters is 1. The van der Waals surface area contributed by atoms with Crippen molar-refractivity contribution in [3.05, 3.63) is 12.2 Å². The third-order valence-electron chi connectivity index (χ3n) is 3.33. The smallest absolute Gasteiger partial charge is 0.333 e. The Morgan fingerprint density at radius 1 is 1.24 bits per heavy atom. The molecule has 0 bridgehead atoms. The van der Waals surface area contributed by atoms with E-state index in [4.69, 9.17) is 17.0 Å². The molecule has 0 aromatic heterocycles. The number of thiocarbonyl (C=S) groups is 1. The molecule has 0 saturated carbocycles. The van der Waals surface area contributed by atoms with Crippen molar-refractivity contribution in [1.82, 2.24) is 10.6 Å². The fraction of sp³-hybridized carbons (Fsp3) is 0.667.